The molecule has 3 atom stereocenters. The highest BCUT2D eigenvalue weighted by Gasteiger charge is 2.38. The summed E-state index contributed by atoms with van der Waals surface area (Å²) >= 11 is 0. The monoisotopic (exact) mass is 421 g/mol. The van der Waals surface area contributed by atoms with Gasteiger partial charge in [0.05, 0.1) is 16.2 Å². The van der Waals surface area contributed by atoms with Crippen molar-refractivity contribution in [3.05, 3.63) is 54.4 Å². The number of urea groups is 1. The van der Waals surface area contributed by atoms with Crippen molar-refractivity contribution in [1.82, 2.24) is 10.3 Å². The third kappa shape index (κ3) is 5.30. The molecule has 2 amide bonds. The molecule has 1 fully saturated rings. The van der Waals surface area contributed by atoms with E-state index in [1.54, 1.807) is 18.5 Å². The van der Waals surface area contributed by atoms with Gasteiger partial charge in [0, 0.05) is 31.7 Å². The number of anilines is 1. The lowest BCUT2D eigenvalue weighted by atomic mass is 9.95. The van der Waals surface area contributed by atoms with E-state index in [9.17, 15) is 17.6 Å². The van der Waals surface area contributed by atoms with E-state index in [1.807, 2.05) is 6.07 Å². The number of sulfone groups is 1. The molecule has 9 heteroatoms. The maximum absolute atomic E-state index is 14.1. The third-order valence-electron chi connectivity index (χ3n) is 5.02. The first kappa shape index (κ1) is 21.2. The number of alkyl halides is 1. The largest absolute Gasteiger partial charge is 0.378 e. The first-order valence-electron chi connectivity index (χ1n) is 9.34. The van der Waals surface area contributed by atoms with E-state index < -0.39 is 33.4 Å². The van der Waals surface area contributed by atoms with Gasteiger partial charge in [-0.3, -0.25) is 4.98 Å². The zero-order valence-electron chi connectivity index (χ0n) is 16.0. The smallest absolute Gasteiger partial charge is 0.319 e. The summed E-state index contributed by atoms with van der Waals surface area (Å²) in [5, 5.41) is 4.57. The fourth-order valence-corrected chi connectivity index (χ4v) is 5.16. The second kappa shape index (κ2) is 9.32. The summed E-state index contributed by atoms with van der Waals surface area (Å²) in [4.78, 5) is 16.1. The minimum Gasteiger partial charge on any atom is -0.378 e. The standard InChI is InChI=1S/C20H24FN3O4S/c1-28-19-9-8-17(11-18(19)21)29(26,27)16-6-4-15(5-7-16)24-20(25)23-13-14-3-2-10-22-12-14/h2-7,10,12,17-19H,8-9,11,13H2,1H3,(H2,23,24,25). The van der Waals surface area contributed by atoms with Crippen LogP contribution in [0.15, 0.2) is 53.7 Å². The number of hydrogen-bond donors (Lipinski definition) is 2. The molecule has 3 unspecified atom stereocenters. The predicted molar refractivity (Wildman–Crippen MR) is 107 cm³/mol. The quantitative estimate of drug-likeness (QED) is 0.747. The molecule has 7 nitrogen and oxygen atoms in total. The second-order valence-electron chi connectivity index (χ2n) is 6.96. The van der Waals surface area contributed by atoms with Gasteiger partial charge in [-0.25, -0.2) is 17.6 Å². The molecule has 1 heterocycles. The molecule has 29 heavy (non-hydrogen) atoms. The van der Waals surface area contributed by atoms with Crippen LogP contribution in [-0.4, -0.2) is 44.1 Å². The van der Waals surface area contributed by atoms with Crippen LogP contribution >= 0.6 is 0 Å². The Bertz CT molecular complexity index is 923. The van der Waals surface area contributed by atoms with E-state index >= 15 is 0 Å². The van der Waals surface area contributed by atoms with E-state index in [2.05, 4.69) is 15.6 Å². The van der Waals surface area contributed by atoms with Gasteiger partial charge in [0.25, 0.3) is 0 Å². The lowest BCUT2D eigenvalue weighted by molar-refractivity contribution is 0.00681. The van der Waals surface area contributed by atoms with E-state index in [4.69, 9.17) is 4.74 Å². The van der Waals surface area contributed by atoms with Crippen LogP contribution in [0.1, 0.15) is 24.8 Å². The molecule has 1 saturated carbocycles. The first-order chi connectivity index (χ1) is 13.9. The number of halogens is 1. The minimum absolute atomic E-state index is 0.0718. The van der Waals surface area contributed by atoms with Crippen LogP contribution in [0.25, 0.3) is 0 Å². The van der Waals surface area contributed by atoms with Crippen molar-refractivity contribution in [3.8, 4) is 0 Å². The Morgan fingerprint density at radius 1 is 1.24 bits per heavy atom. The molecule has 0 spiro atoms. The van der Waals surface area contributed by atoms with Crippen LogP contribution in [0.5, 0.6) is 0 Å². The van der Waals surface area contributed by atoms with Gasteiger partial charge in [-0.1, -0.05) is 6.07 Å². The lowest BCUT2D eigenvalue weighted by Gasteiger charge is -2.30. The molecule has 2 aromatic rings. The number of carbonyl (C=O) groups is 1. The summed E-state index contributed by atoms with van der Waals surface area (Å²) in [6.45, 7) is 0.320. The zero-order chi connectivity index (χ0) is 20.9. The number of pyridine rings is 1. The molecule has 2 N–H and O–H groups in total. The highest BCUT2D eigenvalue weighted by atomic mass is 32.2. The first-order valence-corrected chi connectivity index (χ1v) is 10.9. The maximum atomic E-state index is 14.1. The van der Waals surface area contributed by atoms with Crippen molar-refractivity contribution in [3.63, 3.8) is 0 Å². The molecule has 0 radical (unpaired) electrons. The molecule has 156 valence electrons. The number of ether oxygens (including phenoxy) is 1. The van der Waals surface area contributed by atoms with Crippen molar-refractivity contribution in [1.29, 1.82) is 0 Å². The molecule has 0 aliphatic heterocycles. The van der Waals surface area contributed by atoms with Gasteiger partial charge in [0.2, 0.25) is 0 Å². The van der Waals surface area contributed by atoms with E-state index in [0.717, 1.165) is 5.56 Å². The summed E-state index contributed by atoms with van der Waals surface area (Å²) in [6.07, 6.45) is 2.13. The van der Waals surface area contributed by atoms with Crippen LogP contribution < -0.4 is 10.6 Å². The lowest BCUT2D eigenvalue weighted by Crippen LogP contribution is -2.38. The zero-order valence-corrected chi connectivity index (χ0v) is 16.9. The number of rotatable bonds is 6. The third-order valence-corrected chi connectivity index (χ3v) is 7.26. The summed E-state index contributed by atoms with van der Waals surface area (Å²) in [5.74, 6) is 0. The number of methoxy groups -OCH3 is 1. The van der Waals surface area contributed by atoms with Crippen molar-refractivity contribution in [2.45, 2.75) is 48.2 Å². The number of carbonyl (C=O) groups excluding carboxylic acids is 1. The summed E-state index contributed by atoms with van der Waals surface area (Å²) in [7, 11) is -2.21. The Morgan fingerprint density at radius 2 is 2.00 bits per heavy atom. The molecule has 1 aliphatic carbocycles. The van der Waals surface area contributed by atoms with Crippen LogP contribution in [-0.2, 0) is 21.1 Å². The number of amides is 2. The van der Waals surface area contributed by atoms with Crippen molar-refractivity contribution in [2.75, 3.05) is 12.4 Å². The van der Waals surface area contributed by atoms with Crippen LogP contribution in [0.4, 0.5) is 14.9 Å². The van der Waals surface area contributed by atoms with Crippen molar-refractivity contribution in [2.24, 2.45) is 0 Å². The number of benzene rings is 1. The Morgan fingerprint density at radius 3 is 2.62 bits per heavy atom. The number of aromatic nitrogens is 1. The van der Waals surface area contributed by atoms with E-state index in [1.165, 1.54) is 31.4 Å². The molecular formula is C20H24FN3O4S. The van der Waals surface area contributed by atoms with Gasteiger partial charge in [-0.05, 0) is 55.2 Å². The molecule has 1 aromatic carbocycles. The van der Waals surface area contributed by atoms with E-state index in [0.29, 0.717) is 25.1 Å². The number of hydrogen-bond acceptors (Lipinski definition) is 5. The fraction of sp³-hybridized carbons (Fsp3) is 0.400. The molecule has 0 bridgehead atoms. The molecule has 0 saturated heterocycles. The normalized spacial score (nSPS) is 22.1. The van der Waals surface area contributed by atoms with Gasteiger partial charge >= 0.3 is 6.03 Å². The van der Waals surface area contributed by atoms with Gasteiger partial charge in [-0.15, -0.1) is 0 Å². The predicted octanol–water partition coefficient (Wildman–Crippen LogP) is 3.08. The Kier molecular flexibility index (Phi) is 6.81. The Hall–Kier alpha value is -2.52. The van der Waals surface area contributed by atoms with Crippen molar-refractivity contribution >= 4 is 21.6 Å². The van der Waals surface area contributed by atoms with Crippen LogP contribution in [0.3, 0.4) is 0 Å². The second-order valence-corrected chi connectivity index (χ2v) is 9.19. The number of nitrogens with one attached hydrogen (secondary N) is 2. The van der Waals surface area contributed by atoms with Gasteiger partial charge in [-0.2, -0.15) is 0 Å². The highest BCUT2D eigenvalue weighted by molar-refractivity contribution is 7.92. The van der Waals surface area contributed by atoms with Gasteiger partial charge < -0.3 is 15.4 Å². The molecular weight excluding hydrogens is 397 g/mol. The SMILES string of the molecule is COC1CCC(S(=O)(=O)c2ccc(NC(=O)NCc3cccnc3)cc2)CC1F. The molecule has 1 aliphatic rings. The van der Waals surface area contributed by atoms with Gasteiger partial charge in [0.15, 0.2) is 9.84 Å². The summed E-state index contributed by atoms with van der Waals surface area (Å²) < 4.78 is 44.8. The topological polar surface area (TPSA) is 97.4 Å². The average molecular weight is 421 g/mol. The average Bonchev–Trinajstić information content (AvgIpc) is 2.73. The maximum Gasteiger partial charge on any atom is 0.319 e. The van der Waals surface area contributed by atoms with Crippen LogP contribution in [0, 0.1) is 0 Å². The number of nitrogens with zero attached hydrogens (tertiary/aromatic N) is 1. The summed E-state index contributed by atoms with van der Waals surface area (Å²) in [6, 6.07) is 9.11. The fourth-order valence-electron chi connectivity index (χ4n) is 3.38. The van der Waals surface area contributed by atoms with Gasteiger partial charge in [0.1, 0.15) is 6.17 Å². The van der Waals surface area contributed by atoms with Crippen molar-refractivity contribution < 1.29 is 22.3 Å². The van der Waals surface area contributed by atoms with E-state index in [-0.39, 0.29) is 11.3 Å². The highest BCUT2D eigenvalue weighted by Crippen LogP contribution is 2.32. The Labute approximate surface area is 169 Å². The van der Waals surface area contributed by atoms with Crippen LogP contribution in [0.2, 0.25) is 0 Å². The minimum atomic E-state index is -3.65. The molecule has 1 aromatic heterocycles. The Balaban J connectivity index is 1.58. The summed E-state index contributed by atoms with van der Waals surface area (Å²) in [5.41, 5.74) is 1.32. The molecule has 3 rings (SSSR count).